The van der Waals surface area contributed by atoms with E-state index in [-0.39, 0.29) is 0 Å². The van der Waals surface area contributed by atoms with E-state index in [1.54, 1.807) is 0 Å². The molecule has 0 radical (unpaired) electrons. The lowest BCUT2D eigenvalue weighted by molar-refractivity contribution is 0.150. The van der Waals surface area contributed by atoms with Crippen molar-refractivity contribution in [3.63, 3.8) is 0 Å². The molecule has 134 valence electrons. The minimum Gasteiger partial charge on any atom is -0.301 e. The Morgan fingerprint density at radius 2 is 1.62 bits per heavy atom. The Hall–Kier alpha value is -0.280. The Bertz CT molecular complexity index is 512. The van der Waals surface area contributed by atoms with Gasteiger partial charge in [0.1, 0.15) is 0 Å². The van der Waals surface area contributed by atoms with Crippen LogP contribution in [0, 0.1) is 0 Å². The number of benzene rings is 1. The van der Waals surface area contributed by atoms with E-state index in [1.165, 1.54) is 76.7 Å². The van der Waals surface area contributed by atoms with Gasteiger partial charge in [-0.3, -0.25) is 4.90 Å². The first kappa shape index (κ1) is 18.5. The number of halogens is 2. The lowest BCUT2D eigenvalue weighted by atomic mass is 10.1. The van der Waals surface area contributed by atoms with Gasteiger partial charge in [0.15, 0.2) is 0 Å². The summed E-state index contributed by atoms with van der Waals surface area (Å²) in [5.74, 6) is 0. The highest BCUT2D eigenvalue weighted by atomic mass is 35.5. The van der Waals surface area contributed by atoms with E-state index in [0.717, 1.165) is 19.0 Å². The second-order valence-corrected chi connectivity index (χ2v) is 8.21. The van der Waals surface area contributed by atoms with E-state index < -0.39 is 0 Å². The molecule has 1 atom stereocenters. The van der Waals surface area contributed by atoms with Crippen molar-refractivity contribution in [1.82, 2.24) is 9.80 Å². The molecule has 0 aliphatic carbocycles. The molecule has 2 nitrogen and oxygen atoms in total. The van der Waals surface area contributed by atoms with Crippen LogP contribution in [0.1, 0.15) is 50.5 Å². The summed E-state index contributed by atoms with van der Waals surface area (Å²) in [7, 11) is 0. The average molecular weight is 369 g/mol. The molecule has 2 saturated heterocycles. The summed E-state index contributed by atoms with van der Waals surface area (Å²) < 4.78 is 0. The fraction of sp³-hybridized carbons (Fsp3) is 0.700. The Balaban J connectivity index is 1.55. The van der Waals surface area contributed by atoms with Crippen LogP contribution in [0.5, 0.6) is 0 Å². The Morgan fingerprint density at radius 3 is 2.38 bits per heavy atom. The van der Waals surface area contributed by atoms with Crippen LogP contribution < -0.4 is 0 Å². The van der Waals surface area contributed by atoms with Crippen molar-refractivity contribution < 1.29 is 0 Å². The minimum absolute atomic E-state index is 0.649. The van der Waals surface area contributed by atoms with Gasteiger partial charge in [-0.15, -0.1) is 0 Å². The van der Waals surface area contributed by atoms with Gasteiger partial charge in [0.25, 0.3) is 0 Å². The highest BCUT2D eigenvalue weighted by molar-refractivity contribution is 6.42. The smallest absolute Gasteiger partial charge is 0.0595 e. The van der Waals surface area contributed by atoms with Crippen molar-refractivity contribution in [1.29, 1.82) is 0 Å². The number of hydrogen-bond donors (Lipinski definition) is 0. The predicted molar refractivity (Wildman–Crippen MR) is 104 cm³/mol. The molecule has 2 aliphatic rings. The lowest BCUT2D eigenvalue weighted by Crippen LogP contribution is -2.43. The maximum absolute atomic E-state index is 6.15. The first-order chi connectivity index (χ1) is 11.7. The molecule has 0 saturated carbocycles. The zero-order valence-electron chi connectivity index (χ0n) is 14.7. The molecule has 2 fully saturated rings. The van der Waals surface area contributed by atoms with Crippen molar-refractivity contribution in [2.75, 3.05) is 32.7 Å². The summed E-state index contributed by atoms with van der Waals surface area (Å²) in [6.07, 6.45) is 10.8. The first-order valence-corrected chi connectivity index (χ1v) is 10.4. The van der Waals surface area contributed by atoms with Crippen LogP contribution in [0.25, 0.3) is 0 Å². The van der Waals surface area contributed by atoms with Crippen molar-refractivity contribution in [3.05, 3.63) is 33.8 Å². The Morgan fingerprint density at radius 1 is 0.875 bits per heavy atom. The molecule has 2 aliphatic heterocycles. The van der Waals surface area contributed by atoms with Gasteiger partial charge >= 0.3 is 0 Å². The molecule has 0 N–H and O–H groups in total. The number of hydrogen-bond acceptors (Lipinski definition) is 2. The zero-order chi connectivity index (χ0) is 16.8. The zero-order valence-corrected chi connectivity index (χ0v) is 16.2. The summed E-state index contributed by atoms with van der Waals surface area (Å²) in [6.45, 7) is 6.23. The second kappa shape index (κ2) is 9.43. The monoisotopic (exact) mass is 368 g/mol. The molecular formula is C20H30Cl2N2. The standard InChI is InChI=1S/C20H30Cl2N2/c21-19-9-8-17(15-20(19)22)10-14-23-11-6-3-7-18(16-23)24-12-4-1-2-5-13-24/h8-9,15,18H,1-7,10-14,16H2. The normalized spacial score (nSPS) is 24.5. The fourth-order valence-corrected chi connectivity index (χ4v) is 4.46. The van der Waals surface area contributed by atoms with Crippen LogP contribution in [0.2, 0.25) is 10.0 Å². The summed E-state index contributed by atoms with van der Waals surface area (Å²) in [5.41, 5.74) is 1.29. The molecule has 1 aromatic rings. The van der Waals surface area contributed by atoms with Gasteiger partial charge in [-0.1, -0.05) is 48.5 Å². The predicted octanol–water partition coefficient (Wildman–Crippen LogP) is 5.27. The highest BCUT2D eigenvalue weighted by Crippen LogP contribution is 2.24. The maximum Gasteiger partial charge on any atom is 0.0595 e. The molecule has 2 heterocycles. The molecule has 0 amide bonds. The molecule has 0 bridgehead atoms. The van der Waals surface area contributed by atoms with E-state index >= 15 is 0 Å². The van der Waals surface area contributed by atoms with Crippen LogP contribution >= 0.6 is 23.2 Å². The third kappa shape index (κ3) is 5.36. The van der Waals surface area contributed by atoms with E-state index in [4.69, 9.17) is 23.2 Å². The highest BCUT2D eigenvalue weighted by Gasteiger charge is 2.24. The summed E-state index contributed by atoms with van der Waals surface area (Å²) in [4.78, 5) is 5.45. The summed E-state index contributed by atoms with van der Waals surface area (Å²) >= 11 is 12.2. The molecule has 0 aromatic heterocycles. The second-order valence-electron chi connectivity index (χ2n) is 7.40. The van der Waals surface area contributed by atoms with Crippen LogP contribution in [0.4, 0.5) is 0 Å². The molecule has 3 rings (SSSR count). The van der Waals surface area contributed by atoms with E-state index in [0.29, 0.717) is 10.0 Å². The third-order valence-electron chi connectivity index (χ3n) is 5.59. The SMILES string of the molecule is Clc1ccc(CCN2CCCCC(N3CCCCCC3)C2)cc1Cl. The summed E-state index contributed by atoms with van der Waals surface area (Å²) in [5, 5.41) is 1.32. The van der Waals surface area contributed by atoms with Gasteiger partial charge in [-0.25, -0.2) is 0 Å². The van der Waals surface area contributed by atoms with Crippen LogP contribution in [-0.2, 0) is 6.42 Å². The molecule has 4 heteroatoms. The van der Waals surface area contributed by atoms with E-state index in [2.05, 4.69) is 15.9 Å². The van der Waals surface area contributed by atoms with Gasteiger partial charge in [0.2, 0.25) is 0 Å². The topological polar surface area (TPSA) is 6.48 Å². The van der Waals surface area contributed by atoms with Crippen LogP contribution in [0.15, 0.2) is 18.2 Å². The van der Waals surface area contributed by atoms with Crippen molar-refractivity contribution in [2.24, 2.45) is 0 Å². The Kier molecular flexibility index (Phi) is 7.27. The van der Waals surface area contributed by atoms with Crippen molar-refractivity contribution >= 4 is 23.2 Å². The molecule has 1 aromatic carbocycles. The Labute approximate surface area is 157 Å². The fourth-order valence-electron chi connectivity index (χ4n) is 4.14. The number of rotatable bonds is 4. The molecule has 24 heavy (non-hydrogen) atoms. The van der Waals surface area contributed by atoms with Crippen LogP contribution in [-0.4, -0.2) is 48.6 Å². The molecule has 0 spiro atoms. The lowest BCUT2D eigenvalue weighted by Gasteiger charge is -2.33. The summed E-state index contributed by atoms with van der Waals surface area (Å²) in [6, 6.07) is 6.81. The largest absolute Gasteiger partial charge is 0.301 e. The quantitative estimate of drug-likeness (QED) is 0.714. The first-order valence-electron chi connectivity index (χ1n) is 9.63. The molecular weight excluding hydrogens is 339 g/mol. The minimum atomic E-state index is 0.649. The van der Waals surface area contributed by atoms with Crippen LogP contribution in [0.3, 0.4) is 0 Å². The van der Waals surface area contributed by atoms with Crippen molar-refractivity contribution in [3.8, 4) is 0 Å². The van der Waals surface area contributed by atoms with E-state index in [1.807, 2.05) is 12.1 Å². The van der Waals surface area contributed by atoms with Gasteiger partial charge in [-0.2, -0.15) is 0 Å². The average Bonchev–Trinajstić information content (AvgIpc) is 2.98. The van der Waals surface area contributed by atoms with Gasteiger partial charge in [0.05, 0.1) is 10.0 Å². The van der Waals surface area contributed by atoms with Crippen molar-refractivity contribution in [2.45, 2.75) is 57.4 Å². The van der Waals surface area contributed by atoms with Gasteiger partial charge < -0.3 is 4.90 Å². The van der Waals surface area contributed by atoms with Gasteiger partial charge in [-0.05, 0) is 69.4 Å². The molecule has 1 unspecified atom stereocenters. The number of likely N-dealkylation sites (tertiary alicyclic amines) is 2. The van der Waals surface area contributed by atoms with E-state index in [9.17, 15) is 0 Å². The number of nitrogens with zero attached hydrogens (tertiary/aromatic N) is 2. The third-order valence-corrected chi connectivity index (χ3v) is 6.33. The van der Waals surface area contributed by atoms with Gasteiger partial charge in [0, 0.05) is 19.1 Å². The maximum atomic E-state index is 6.15.